The van der Waals surface area contributed by atoms with Gasteiger partial charge in [0, 0.05) is 26.8 Å². The number of nitrogens with zero attached hydrogens (tertiary/aromatic N) is 5. The van der Waals surface area contributed by atoms with Gasteiger partial charge in [-0.3, -0.25) is 14.5 Å². The summed E-state index contributed by atoms with van der Waals surface area (Å²) in [5, 5.41) is 0. The van der Waals surface area contributed by atoms with Gasteiger partial charge in [-0.15, -0.1) is 0 Å². The molecule has 142 valence electrons. The molecular weight excluding hydrogens is 330 g/mol. The number of aromatic nitrogens is 2. The first kappa shape index (κ1) is 18.8. The predicted molar refractivity (Wildman–Crippen MR) is 98.8 cm³/mol. The van der Waals surface area contributed by atoms with E-state index >= 15 is 0 Å². The summed E-state index contributed by atoms with van der Waals surface area (Å²) < 4.78 is 0. The molecule has 2 amide bonds. The molecule has 7 heteroatoms. The average Bonchev–Trinajstić information content (AvgIpc) is 3.14. The number of aryl methyl sites for hydroxylation is 1. The van der Waals surface area contributed by atoms with Gasteiger partial charge in [0.2, 0.25) is 5.91 Å². The molecule has 1 atom stereocenters. The highest BCUT2D eigenvalue weighted by molar-refractivity contribution is 5.94. The van der Waals surface area contributed by atoms with E-state index in [0.717, 1.165) is 38.9 Å². The number of rotatable bonds is 4. The van der Waals surface area contributed by atoms with Crippen molar-refractivity contribution in [2.45, 2.75) is 45.1 Å². The van der Waals surface area contributed by atoms with Crippen molar-refractivity contribution in [2.75, 3.05) is 40.3 Å². The standard InChI is InChI=1S/C19H29N5O2/c1-14-15(19(26)22(2)3)12-20-18(21-14)16-8-4-5-11-24(16)17(25)13-23-9-6-7-10-23/h12,16H,4-11,13H2,1-3H3/t16-/m0/s1. The molecule has 0 aromatic carbocycles. The first-order chi connectivity index (χ1) is 12.5. The molecule has 2 saturated heterocycles. The zero-order valence-electron chi connectivity index (χ0n) is 16.1. The molecule has 0 spiro atoms. The second-order valence-corrected chi connectivity index (χ2v) is 7.51. The fourth-order valence-corrected chi connectivity index (χ4v) is 3.82. The summed E-state index contributed by atoms with van der Waals surface area (Å²) in [7, 11) is 3.44. The molecule has 7 nitrogen and oxygen atoms in total. The molecule has 0 aliphatic carbocycles. The molecule has 1 aromatic heterocycles. The molecule has 0 saturated carbocycles. The van der Waals surface area contributed by atoms with E-state index in [9.17, 15) is 9.59 Å². The summed E-state index contributed by atoms with van der Waals surface area (Å²) in [6.07, 6.45) is 6.95. The summed E-state index contributed by atoms with van der Waals surface area (Å²) in [6.45, 7) is 5.12. The highest BCUT2D eigenvalue weighted by atomic mass is 16.2. The fourth-order valence-electron chi connectivity index (χ4n) is 3.82. The lowest BCUT2D eigenvalue weighted by atomic mass is 10.0. The largest absolute Gasteiger partial charge is 0.345 e. The van der Waals surface area contributed by atoms with Crippen LogP contribution >= 0.6 is 0 Å². The molecule has 0 unspecified atom stereocenters. The van der Waals surface area contributed by atoms with Gasteiger partial charge in [-0.25, -0.2) is 9.97 Å². The SMILES string of the molecule is Cc1nc([C@@H]2CCCCN2C(=O)CN2CCCC2)ncc1C(=O)N(C)C. The number of hydrogen-bond acceptors (Lipinski definition) is 5. The third kappa shape index (κ3) is 4.03. The van der Waals surface area contributed by atoms with Crippen molar-refractivity contribution >= 4 is 11.8 Å². The normalized spacial score (nSPS) is 21.0. The van der Waals surface area contributed by atoms with Gasteiger partial charge in [0.15, 0.2) is 5.82 Å². The molecule has 3 rings (SSSR count). The maximum Gasteiger partial charge on any atom is 0.256 e. The summed E-state index contributed by atoms with van der Waals surface area (Å²) >= 11 is 0. The predicted octanol–water partition coefficient (Wildman–Crippen LogP) is 1.64. The molecule has 2 aliphatic rings. The van der Waals surface area contributed by atoms with Crippen LogP contribution in [0.5, 0.6) is 0 Å². The molecule has 2 fully saturated rings. The van der Waals surface area contributed by atoms with E-state index < -0.39 is 0 Å². The highest BCUT2D eigenvalue weighted by Crippen LogP contribution is 2.29. The summed E-state index contributed by atoms with van der Waals surface area (Å²) in [6, 6.07) is -0.0824. The summed E-state index contributed by atoms with van der Waals surface area (Å²) in [4.78, 5) is 39.8. The van der Waals surface area contributed by atoms with Crippen LogP contribution in [0.2, 0.25) is 0 Å². The molecule has 1 aromatic rings. The minimum Gasteiger partial charge on any atom is -0.345 e. The average molecular weight is 359 g/mol. The van der Waals surface area contributed by atoms with Gasteiger partial charge in [0.1, 0.15) is 0 Å². The maximum absolute atomic E-state index is 12.9. The molecule has 0 radical (unpaired) electrons. The lowest BCUT2D eigenvalue weighted by Crippen LogP contribution is -2.44. The Labute approximate surface area is 155 Å². The molecule has 3 heterocycles. The number of hydrogen-bond donors (Lipinski definition) is 0. The van der Waals surface area contributed by atoms with Gasteiger partial charge in [0.05, 0.1) is 23.8 Å². The lowest BCUT2D eigenvalue weighted by molar-refractivity contribution is -0.136. The van der Waals surface area contributed by atoms with Crippen LogP contribution in [-0.2, 0) is 4.79 Å². The number of piperidine rings is 1. The van der Waals surface area contributed by atoms with Crippen LogP contribution in [-0.4, -0.2) is 76.8 Å². The van der Waals surface area contributed by atoms with Crippen LogP contribution in [0.15, 0.2) is 6.20 Å². The van der Waals surface area contributed by atoms with Gasteiger partial charge in [-0.2, -0.15) is 0 Å². The maximum atomic E-state index is 12.9. The zero-order valence-corrected chi connectivity index (χ0v) is 16.1. The van der Waals surface area contributed by atoms with Crippen LogP contribution in [0, 0.1) is 6.92 Å². The third-order valence-corrected chi connectivity index (χ3v) is 5.31. The van der Waals surface area contributed by atoms with Crippen molar-refractivity contribution in [3.63, 3.8) is 0 Å². The number of carbonyl (C=O) groups excluding carboxylic acids is 2. The first-order valence-corrected chi connectivity index (χ1v) is 9.54. The molecule has 0 bridgehead atoms. The zero-order chi connectivity index (χ0) is 18.7. The first-order valence-electron chi connectivity index (χ1n) is 9.54. The van der Waals surface area contributed by atoms with E-state index in [2.05, 4.69) is 14.9 Å². The van der Waals surface area contributed by atoms with E-state index in [-0.39, 0.29) is 17.9 Å². The molecule has 26 heavy (non-hydrogen) atoms. The Hall–Kier alpha value is -2.02. The van der Waals surface area contributed by atoms with Gasteiger partial charge >= 0.3 is 0 Å². The number of likely N-dealkylation sites (tertiary alicyclic amines) is 2. The van der Waals surface area contributed by atoms with Crippen molar-refractivity contribution in [3.05, 3.63) is 23.3 Å². The number of amides is 2. The van der Waals surface area contributed by atoms with Crippen LogP contribution in [0.3, 0.4) is 0 Å². The van der Waals surface area contributed by atoms with Crippen molar-refractivity contribution in [1.82, 2.24) is 24.7 Å². The lowest BCUT2D eigenvalue weighted by Gasteiger charge is -2.36. The van der Waals surface area contributed by atoms with E-state index in [0.29, 0.717) is 23.6 Å². The Morgan fingerprint density at radius 2 is 1.85 bits per heavy atom. The fraction of sp³-hybridized carbons (Fsp3) is 0.684. The second kappa shape index (κ2) is 8.12. The topological polar surface area (TPSA) is 69.6 Å². The van der Waals surface area contributed by atoms with Gasteiger partial charge in [0.25, 0.3) is 5.91 Å². The van der Waals surface area contributed by atoms with Crippen LogP contribution < -0.4 is 0 Å². The van der Waals surface area contributed by atoms with Gasteiger partial charge in [-0.05, 0) is 52.1 Å². The van der Waals surface area contributed by atoms with E-state index in [1.165, 1.54) is 17.7 Å². The van der Waals surface area contributed by atoms with Gasteiger partial charge < -0.3 is 9.80 Å². The summed E-state index contributed by atoms with van der Waals surface area (Å²) in [5.74, 6) is 0.734. The van der Waals surface area contributed by atoms with Crippen molar-refractivity contribution in [3.8, 4) is 0 Å². The van der Waals surface area contributed by atoms with Crippen molar-refractivity contribution in [2.24, 2.45) is 0 Å². The molecule has 2 aliphatic heterocycles. The van der Waals surface area contributed by atoms with E-state index in [1.807, 2.05) is 11.8 Å². The smallest absolute Gasteiger partial charge is 0.256 e. The third-order valence-electron chi connectivity index (χ3n) is 5.31. The quantitative estimate of drug-likeness (QED) is 0.817. The van der Waals surface area contributed by atoms with Crippen LogP contribution in [0.1, 0.15) is 60.0 Å². The Kier molecular flexibility index (Phi) is 5.86. The van der Waals surface area contributed by atoms with Crippen LogP contribution in [0.4, 0.5) is 0 Å². The molecule has 0 N–H and O–H groups in total. The van der Waals surface area contributed by atoms with Gasteiger partial charge in [-0.1, -0.05) is 0 Å². The Bertz CT molecular complexity index is 670. The minimum absolute atomic E-state index is 0.0824. The Balaban J connectivity index is 1.77. The van der Waals surface area contributed by atoms with E-state index in [4.69, 9.17) is 0 Å². The molecular formula is C19H29N5O2. The van der Waals surface area contributed by atoms with Crippen molar-refractivity contribution in [1.29, 1.82) is 0 Å². The Morgan fingerprint density at radius 1 is 1.15 bits per heavy atom. The highest BCUT2D eigenvalue weighted by Gasteiger charge is 2.31. The summed E-state index contributed by atoms with van der Waals surface area (Å²) in [5.41, 5.74) is 1.19. The number of carbonyl (C=O) groups is 2. The van der Waals surface area contributed by atoms with E-state index in [1.54, 1.807) is 20.3 Å². The minimum atomic E-state index is -0.0975. The monoisotopic (exact) mass is 359 g/mol. The van der Waals surface area contributed by atoms with Crippen LogP contribution in [0.25, 0.3) is 0 Å². The second-order valence-electron chi connectivity index (χ2n) is 7.51. The van der Waals surface area contributed by atoms with Crippen molar-refractivity contribution < 1.29 is 9.59 Å². The Morgan fingerprint density at radius 3 is 2.50 bits per heavy atom.